The molecule has 0 aliphatic rings. The van der Waals surface area contributed by atoms with Gasteiger partial charge < -0.3 is 5.11 Å². The normalized spacial score (nSPS) is 13.5. The highest BCUT2D eigenvalue weighted by atomic mass is 19.3. The molecule has 0 spiro atoms. The van der Waals surface area contributed by atoms with Crippen molar-refractivity contribution >= 4 is 5.69 Å². The number of benzene rings is 1. The summed E-state index contributed by atoms with van der Waals surface area (Å²) in [5.41, 5.74) is -1.01. The molecule has 0 amide bonds. The quantitative estimate of drug-likeness (QED) is 0.642. The molecular weight excluding hydrogens is 227 g/mol. The average Bonchev–Trinajstić information content (AvgIpc) is 2.28. The molecule has 1 rings (SSSR count). The van der Waals surface area contributed by atoms with Crippen LogP contribution in [0.2, 0.25) is 0 Å². The van der Waals surface area contributed by atoms with Crippen LogP contribution in [0, 0.1) is 10.1 Å². The van der Waals surface area contributed by atoms with Crippen LogP contribution >= 0.6 is 0 Å². The smallest absolute Gasteiger partial charge is 0.305 e. The summed E-state index contributed by atoms with van der Waals surface area (Å²) in [6.07, 6.45) is -2.77. The minimum Gasteiger partial charge on any atom is -0.390 e. The summed E-state index contributed by atoms with van der Waals surface area (Å²) < 4.78 is 38.8. The predicted octanol–water partition coefficient (Wildman–Crippen LogP) is 2.23. The lowest BCUT2D eigenvalue weighted by molar-refractivity contribution is -0.385. The molecule has 0 saturated carbocycles. The standard InChI is InChI=1S/C9H8F3NO3/c10-8(9(11,12)5-14)6-2-1-3-7(4-6)13(15)16/h1-4,8,14H,5H2. The van der Waals surface area contributed by atoms with Gasteiger partial charge in [-0.2, -0.15) is 0 Å². The van der Waals surface area contributed by atoms with Crippen molar-refractivity contribution in [3.8, 4) is 0 Å². The van der Waals surface area contributed by atoms with Gasteiger partial charge in [0.25, 0.3) is 5.69 Å². The van der Waals surface area contributed by atoms with Gasteiger partial charge in [-0.1, -0.05) is 12.1 Å². The third-order valence-electron chi connectivity index (χ3n) is 1.96. The summed E-state index contributed by atoms with van der Waals surface area (Å²) in [5.74, 6) is -3.95. The number of nitro groups is 1. The first-order chi connectivity index (χ1) is 7.38. The van der Waals surface area contributed by atoms with Crippen LogP contribution in [0.3, 0.4) is 0 Å². The van der Waals surface area contributed by atoms with Crippen molar-refractivity contribution in [1.82, 2.24) is 0 Å². The molecule has 7 heteroatoms. The number of non-ortho nitro benzene ring substituents is 1. The van der Waals surface area contributed by atoms with Crippen molar-refractivity contribution in [1.29, 1.82) is 0 Å². The van der Waals surface area contributed by atoms with E-state index in [1.165, 1.54) is 0 Å². The van der Waals surface area contributed by atoms with Gasteiger partial charge in [0.2, 0.25) is 0 Å². The molecule has 1 atom stereocenters. The number of hydrogen-bond acceptors (Lipinski definition) is 3. The Morgan fingerprint density at radius 1 is 1.50 bits per heavy atom. The summed E-state index contributed by atoms with van der Waals surface area (Å²) in [4.78, 5) is 9.53. The highest BCUT2D eigenvalue weighted by Gasteiger charge is 2.40. The Balaban J connectivity index is 3.05. The second kappa shape index (κ2) is 4.48. The molecule has 0 saturated heterocycles. The van der Waals surface area contributed by atoms with Gasteiger partial charge in [0.15, 0.2) is 6.17 Å². The van der Waals surface area contributed by atoms with E-state index in [1.807, 2.05) is 0 Å². The number of aliphatic hydroxyl groups is 1. The Hall–Kier alpha value is -1.63. The number of nitrogens with zero attached hydrogens (tertiary/aromatic N) is 1. The van der Waals surface area contributed by atoms with Gasteiger partial charge in [0.05, 0.1) is 4.92 Å². The van der Waals surface area contributed by atoms with E-state index in [1.54, 1.807) is 0 Å². The number of alkyl halides is 3. The number of aliphatic hydroxyl groups excluding tert-OH is 1. The van der Waals surface area contributed by atoms with Crippen molar-refractivity contribution in [2.75, 3.05) is 6.61 Å². The molecule has 4 nitrogen and oxygen atoms in total. The van der Waals surface area contributed by atoms with Crippen LogP contribution in [0.5, 0.6) is 0 Å². The Labute approximate surface area is 88.5 Å². The van der Waals surface area contributed by atoms with E-state index in [0.29, 0.717) is 6.07 Å². The zero-order valence-electron chi connectivity index (χ0n) is 7.94. The molecule has 0 fully saturated rings. The Morgan fingerprint density at radius 2 is 2.12 bits per heavy atom. The lowest BCUT2D eigenvalue weighted by atomic mass is 10.0. The lowest BCUT2D eigenvalue weighted by Gasteiger charge is -2.18. The molecule has 1 aromatic carbocycles. The fraction of sp³-hybridized carbons (Fsp3) is 0.333. The topological polar surface area (TPSA) is 63.4 Å². The maximum absolute atomic E-state index is 13.2. The van der Waals surface area contributed by atoms with E-state index in [-0.39, 0.29) is 0 Å². The van der Waals surface area contributed by atoms with Gasteiger partial charge in [-0.3, -0.25) is 10.1 Å². The minimum absolute atomic E-state index is 0.478. The highest BCUT2D eigenvalue weighted by molar-refractivity contribution is 5.36. The first-order valence-corrected chi connectivity index (χ1v) is 4.25. The summed E-state index contributed by atoms with van der Waals surface area (Å²) in [7, 11) is 0. The van der Waals surface area contributed by atoms with Crippen molar-refractivity contribution in [2.45, 2.75) is 12.1 Å². The summed E-state index contributed by atoms with van der Waals surface area (Å²) in [6, 6.07) is 3.89. The van der Waals surface area contributed by atoms with Crippen LogP contribution in [-0.2, 0) is 0 Å². The number of halogens is 3. The Morgan fingerprint density at radius 3 is 2.62 bits per heavy atom. The maximum atomic E-state index is 13.2. The second-order valence-electron chi connectivity index (χ2n) is 3.13. The van der Waals surface area contributed by atoms with E-state index < -0.39 is 34.9 Å². The van der Waals surface area contributed by atoms with Crippen LogP contribution in [0.4, 0.5) is 18.9 Å². The SMILES string of the molecule is O=[N+]([O-])c1cccc(C(F)C(F)(F)CO)c1. The first-order valence-electron chi connectivity index (χ1n) is 4.25. The highest BCUT2D eigenvalue weighted by Crippen LogP contribution is 2.35. The zero-order valence-corrected chi connectivity index (χ0v) is 7.94. The molecule has 0 aliphatic carbocycles. The van der Waals surface area contributed by atoms with Crippen LogP contribution in [0.1, 0.15) is 11.7 Å². The number of nitro benzene ring substituents is 1. The van der Waals surface area contributed by atoms with E-state index in [0.717, 1.165) is 18.2 Å². The van der Waals surface area contributed by atoms with Gasteiger partial charge in [-0.15, -0.1) is 0 Å². The molecule has 0 radical (unpaired) electrons. The van der Waals surface area contributed by atoms with Crippen LogP contribution < -0.4 is 0 Å². The molecule has 0 aromatic heterocycles. The fourth-order valence-corrected chi connectivity index (χ4v) is 1.12. The third kappa shape index (κ3) is 2.48. The monoisotopic (exact) mass is 235 g/mol. The minimum atomic E-state index is -3.95. The molecule has 0 bridgehead atoms. The van der Waals surface area contributed by atoms with Crippen LogP contribution in [0.15, 0.2) is 24.3 Å². The van der Waals surface area contributed by atoms with Crippen molar-refractivity contribution < 1.29 is 23.2 Å². The molecule has 0 aliphatic heterocycles. The Bertz CT molecular complexity index is 397. The Kier molecular flexibility index (Phi) is 3.48. The predicted molar refractivity (Wildman–Crippen MR) is 49.0 cm³/mol. The fourth-order valence-electron chi connectivity index (χ4n) is 1.12. The van der Waals surface area contributed by atoms with E-state index in [4.69, 9.17) is 5.11 Å². The van der Waals surface area contributed by atoms with Gasteiger partial charge in [0, 0.05) is 12.1 Å². The molecule has 0 heterocycles. The van der Waals surface area contributed by atoms with Crippen molar-refractivity contribution in [3.05, 3.63) is 39.9 Å². The molecule has 1 aromatic rings. The van der Waals surface area contributed by atoms with Gasteiger partial charge >= 0.3 is 5.92 Å². The van der Waals surface area contributed by atoms with Crippen molar-refractivity contribution in [2.24, 2.45) is 0 Å². The zero-order chi connectivity index (χ0) is 12.3. The molecule has 16 heavy (non-hydrogen) atoms. The third-order valence-corrected chi connectivity index (χ3v) is 1.96. The summed E-state index contributed by atoms with van der Waals surface area (Å²) in [6.45, 7) is -1.66. The van der Waals surface area contributed by atoms with E-state index in [2.05, 4.69) is 0 Å². The van der Waals surface area contributed by atoms with Crippen molar-refractivity contribution in [3.63, 3.8) is 0 Å². The summed E-state index contributed by atoms with van der Waals surface area (Å²) in [5, 5.41) is 18.6. The molecule has 1 unspecified atom stereocenters. The molecule has 88 valence electrons. The van der Waals surface area contributed by atoms with Crippen LogP contribution in [-0.4, -0.2) is 22.6 Å². The number of hydrogen-bond donors (Lipinski definition) is 1. The number of rotatable bonds is 4. The van der Waals surface area contributed by atoms with Crippen LogP contribution in [0.25, 0.3) is 0 Å². The second-order valence-corrected chi connectivity index (χ2v) is 3.13. The summed E-state index contributed by atoms with van der Waals surface area (Å²) >= 11 is 0. The average molecular weight is 235 g/mol. The van der Waals surface area contributed by atoms with E-state index in [9.17, 15) is 23.3 Å². The van der Waals surface area contributed by atoms with Gasteiger partial charge in [-0.25, -0.2) is 13.2 Å². The first kappa shape index (κ1) is 12.4. The molecular formula is C9H8F3NO3. The van der Waals surface area contributed by atoms with Gasteiger partial charge in [-0.05, 0) is 5.56 Å². The lowest BCUT2D eigenvalue weighted by Crippen LogP contribution is -2.27. The molecule has 1 N–H and O–H groups in total. The largest absolute Gasteiger partial charge is 0.390 e. The van der Waals surface area contributed by atoms with Gasteiger partial charge in [0.1, 0.15) is 6.61 Å². The maximum Gasteiger partial charge on any atom is 0.305 e. The van der Waals surface area contributed by atoms with E-state index >= 15 is 0 Å².